The van der Waals surface area contributed by atoms with Crippen LogP contribution in [0.5, 0.6) is 5.88 Å². The zero-order chi connectivity index (χ0) is 24.9. The molecule has 5 heterocycles. The Hall–Kier alpha value is -3.53. The molecule has 3 aromatic rings. The molecular weight excluding hydrogens is 472 g/mol. The van der Waals surface area contributed by atoms with Gasteiger partial charge >= 0.3 is 0 Å². The van der Waals surface area contributed by atoms with Crippen molar-refractivity contribution in [2.75, 3.05) is 39.4 Å². The molecule has 192 valence electrons. The number of rotatable bonds is 5. The van der Waals surface area contributed by atoms with Crippen molar-refractivity contribution < 1.29 is 19.1 Å². The van der Waals surface area contributed by atoms with Crippen LogP contribution in [-0.2, 0) is 4.74 Å². The van der Waals surface area contributed by atoms with Gasteiger partial charge < -0.3 is 19.3 Å². The van der Waals surface area contributed by atoms with E-state index in [1.165, 1.54) is 0 Å². The van der Waals surface area contributed by atoms with E-state index in [2.05, 4.69) is 20.4 Å². The van der Waals surface area contributed by atoms with Crippen LogP contribution in [0.2, 0.25) is 0 Å². The summed E-state index contributed by atoms with van der Waals surface area (Å²) >= 11 is 0. The van der Waals surface area contributed by atoms with Gasteiger partial charge in [0, 0.05) is 68.2 Å². The van der Waals surface area contributed by atoms with E-state index in [9.17, 15) is 9.59 Å². The van der Waals surface area contributed by atoms with Crippen LogP contribution in [0.15, 0.2) is 30.5 Å². The molecule has 0 bridgehead atoms. The molecule has 10 nitrogen and oxygen atoms in total. The Bertz CT molecular complexity index is 1330. The Morgan fingerprint density at radius 1 is 0.865 bits per heavy atom. The zero-order valence-corrected chi connectivity index (χ0v) is 20.6. The van der Waals surface area contributed by atoms with Crippen molar-refractivity contribution in [2.24, 2.45) is 11.8 Å². The highest BCUT2D eigenvalue weighted by molar-refractivity contribution is 5.97. The van der Waals surface area contributed by atoms with E-state index in [4.69, 9.17) is 9.47 Å². The lowest BCUT2D eigenvalue weighted by Crippen LogP contribution is -2.35. The molecule has 37 heavy (non-hydrogen) atoms. The van der Waals surface area contributed by atoms with Gasteiger partial charge in [0.05, 0.1) is 18.8 Å². The summed E-state index contributed by atoms with van der Waals surface area (Å²) in [6.45, 7) is 4.08. The van der Waals surface area contributed by atoms with Gasteiger partial charge in [-0.3, -0.25) is 9.59 Å². The predicted octanol–water partition coefficient (Wildman–Crippen LogP) is 2.63. The second kappa shape index (κ2) is 9.09. The summed E-state index contributed by atoms with van der Waals surface area (Å²) in [5.74, 6) is 1.73. The van der Waals surface area contributed by atoms with Crippen molar-refractivity contribution in [1.29, 1.82) is 0 Å². The Balaban J connectivity index is 1.01. The number of aromatic amines is 1. The third-order valence-corrected chi connectivity index (χ3v) is 8.21. The van der Waals surface area contributed by atoms with E-state index < -0.39 is 0 Å². The van der Waals surface area contributed by atoms with Crippen molar-refractivity contribution >= 4 is 22.8 Å². The maximum atomic E-state index is 13.4. The molecule has 1 aromatic carbocycles. The van der Waals surface area contributed by atoms with E-state index in [-0.39, 0.29) is 29.8 Å². The topological polar surface area (TPSA) is 114 Å². The number of hydrogen-bond acceptors (Lipinski definition) is 7. The number of amides is 2. The molecule has 1 saturated carbocycles. The summed E-state index contributed by atoms with van der Waals surface area (Å²) in [6.07, 6.45) is 5.78. The van der Waals surface area contributed by atoms with Crippen LogP contribution in [0.4, 0.5) is 0 Å². The molecule has 7 rings (SSSR count). The van der Waals surface area contributed by atoms with E-state index in [1.807, 2.05) is 21.9 Å². The van der Waals surface area contributed by atoms with Crippen molar-refractivity contribution in [3.63, 3.8) is 0 Å². The number of likely N-dealkylation sites (tertiary alicyclic amines) is 2. The molecule has 2 amide bonds. The third kappa shape index (κ3) is 4.33. The lowest BCUT2D eigenvalue weighted by Gasteiger charge is -2.24. The van der Waals surface area contributed by atoms with E-state index >= 15 is 0 Å². The quantitative estimate of drug-likeness (QED) is 0.571. The minimum Gasteiger partial charge on any atom is -0.474 e. The average molecular weight is 503 g/mol. The monoisotopic (exact) mass is 502 g/mol. The molecule has 1 aliphatic carbocycles. The second-order valence-electron chi connectivity index (χ2n) is 10.8. The van der Waals surface area contributed by atoms with Crippen molar-refractivity contribution in [2.45, 2.75) is 37.7 Å². The maximum absolute atomic E-state index is 13.4. The standard InChI is InChI=1S/C27H30N6O4/c34-26(17-3-4-23-24(10-17)30-31-29-23)32-12-19-14-33(15-20(19)13-32)27(35)18-9-22(16-1-2-16)25(28-11-18)37-21-5-7-36-8-6-21/h3-4,9-11,16,19-21H,1-2,5-8,12-15H2,(H,29,30,31)/t19-,20-/m1/s1. The Morgan fingerprint density at radius 3 is 2.24 bits per heavy atom. The summed E-state index contributed by atoms with van der Waals surface area (Å²) in [6, 6.07) is 7.40. The van der Waals surface area contributed by atoms with Crippen LogP contribution in [0.1, 0.15) is 57.9 Å². The third-order valence-electron chi connectivity index (χ3n) is 8.21. The molecular formula is C27H30N6O4. The van der Waals surface area contributed by atoms with Crippen molar-refractivity contribution in [3.05, 3.63) is 47.2 Å². The van der Waals surface area contributed by atoms with E-state index in [0.717, 1.165) is 50.0 Å². The maximum Gasteiger partial charge on any atom is 0.255 e. The zero-order valence-electron chi connectivity index (χ0n) is 20.6. The van der Waals surface area contributed by atoms with Crippen LogP contribution in [0.25, 0.3) is 11.0 Å². The fraction of sp³-hybridized carbons (Fsp3) is 0.519. The predicted molar refractivity (Wildman–Crippen MR) is 133 cm³/mol. The first-order valence-corrected chi connectivity index (χ1v) is 13.3. The number of nitrogens with one attached hydrogen (secondary N) is 1. The molecule has 3 saturated heterocycles. The molecule has 10 heteroatoms. The first-order valence-electron chi connectivity index (χ1n) is 13.3. The van der Waals surface area contributed by atoms with Gasteiger partial charge in [-0.2, -0.15) is 15.4 Å². The normalized spacial score (nSPS) is 24.0. The summed E-state index contributed by atoms with van der Waals surface area (Å²) < 4.78 is 11.7. The highest BCUT2D eigenvalue weighted by Gasteiger charge is 2.43. The largest absolute Gasteiger partial charge is 0.474 e. The van der Waals surface area contributed by atoms with Crippen LogP contribution in [0, 0.1) is 11.8 Å². The molecule has 4 aliphatic rings. The summed E-state index contributed by atoms with van der Waals surface area (Å²) in [7, 11) is 0. The molecule has 1 N–H and O–H groups in total. The first-order chi connectivity index (χ1) is 18.1. The van der Waals surface area contributed by atoms with Gasteiger partial charge in [0.1, 0.15) is 17.1 Å². The van der Waals surface area contributed by atoms with Crippen LogP contribution < -0.4 is 4.74 Å². The average Bonchev–Trinajstić information content (AvgIpc) is 3.33. The fourth-order valence-electron chi connectivity index (χ4n) is 5.99. The number of H-pyrrole nitrogens is 1. The van der Waals surface area contributed by atoms with Crippen molar-refractivity contribution in [1.82, 2.24) is 30.2 Å². The minimum absolute atomic E-state index is 0.00979. The molecule has 2 aromatic heterocycles. The van der Waals surface area contributed by atoms with Gasteiger partial charge in [-0.15, -0.1) is 0 Å². The second-order valence-corrected chi connectivity index (χ2v) is 10.8. The molecule has 2 atom stereocenters. The number of fused-ring (bicyclic) bond motifs is 2. The van der Waals surface area contributed by atoms with Gasteiger partial charge in [0.25, 0.3) is 11.8 Å². The van der Waals surface area contributed by atoms with Gasteiger partial charge in [-0.25, -0.2) is 4.98 Å². The van der Waals surface area contributed by atoms with Crippen molar-refractivity contribution in [3.8, 4) is 5.88 Å². The molecule has 3 aliphatic heterocycles. The van der Waals surface area contributed by atoms with Gasteiger partial charge in [-0.1, -0.05) is 0 Å². The van der Waals surface area contributed by atoms with E-state index in [0.29, 0.717) is 54.6 Å². The van der Waals surface area contributed by atoms with Gasteiger partial charge in [-0.05, 0) is 43.0 Å². The number of aromatic nitrogens is 4. The molecule has 0 spiro atoms. The number of carbonyl (C=O) groups is 2. The lowest BCUT2D eigenvalue weighted by molar-refractivity contribution is 0.0233. The first kappa shape index (κ1) is 22.7. The Kier molecular flexibility index (Phi) is 5.57. The Labute approximate surface area is 214 Å². The summed E-state index contributed by atoms with van der Waals surface area (Å²) in [5.41, 5.74) is 3.75. The number of hydrogen-bond donors (Lipinski definition) is 1. The van der Waals surface area contributed by atoms with Gasteiger partial charge in [0.15, 0.2) is 0 Å². The summed E-state index contributed by atoms with van der Waals surface area (Å²) in [4.78, 5) is 35.0. The van der Waals surface area contributed by atoms with Crippen LogP contribution in [-0.4, -0.2) is 87.5 Å². The highest BCUT2D eigenvalue weighted by Crippen LogP contribution is 2.44. The molecule has 4 fully saturated rings. The fourth-order valence-corrected chi connectivity index (χ4v) is 5.99. The van der Waals surface area contributed by atoms with Crippen LogP contribution in [0.3, 0.4) is 0 Å². The van der Waals surface area contributed by atoms with E-state index in [1.54, 1.807) is 18.3 Å². The number of benzene rings is 1. The number of pyridine rings is 1. The number of carbonyl (C=O) groups excluding carboxylic acids is 2. The SMILES string of the molecule is O=C(c1cnc(OC2CCOCC2)c(C2CC2)c1)N1C[C@H]2CN(C(=O)c3ccc4n[nH]nc4c3)C[C@@H]2C1. The number of ether oxygens (including phenoxy) is 2. The molecule has 0 radical (unpaired) electrons. The minimum atomic E-state index is 0.00979. The smallest absolute Gasteiger partial charge is 0.255 e. The highest BCUT2D eigenvalue weighted by atomic mass is 16.5. The van der Waals surface area contributed by atoms with Gasteiger partial charge in [0.2, 0.25) is 5.88 Å². The molecule has 0 unspecified atom stereocenters. The summed E-state index contributed by atoms with van der Waals surface area (Å²) in [5, 5.41) is 10.7. The van der Waals surface area contributed by atoms with Crippen LogP contribution >= 0.6 is 0 Å². The number of nitrogens with zero attached hydrogens (tertiary/aromatic N) is 5. The Morgan fingerprint density at radius 2 is 1.54 bits per heavy atom. The lowest BCUT2D eigenvalue weighted by atomic mass is 10.0.